The summed E-state index contributed by atoms with van der Waals surface area (Å²) in [6, 6.07) is 14.4. The van der Waals surface area contributed by atoms with Crippen LogP contribution in [0.2, 0.25) is 0 Å². The van der Waals surface area contributed by atoms with Crippen molar-refractivity contribution in [1.82, 2.24) is 10.2 Å². The number of carbonyl (C=O) groups excluding carboxylic acids is 2. The smallest absolute Gasteiger partial charge is 0.244 e. The third-order valence-corrected chi connectivity index (χ3v) is 8.23. The van der Waals surface area contributed by atoms with E-state index in [1.54, 1.807) is 17.0 Å². The molecule has 8 heteroatoms. The van der Waals surface area contributed by atoms with Gasteiger partial charge in [0.15, 0.2) is 0 Å². The summed E-state index contributed by atoms with van der Waals surface area (Å²) in [6.45, 7) is 5.75. The van der Waals surface area contributed by atoms with Crippen LogP contribution < -0.4 is 9.62 Å². The molecule has 2 aromatic carbocycles. The van der Waals surface area contributed by atoms with Gasteiger partial charge in [-0.05, 0) is 55.9 Å². The van der Waals surface area contributed by atoms with Gasteiger partial charge in [-0.1, -0.05) is 75.1 Å². The molecule has 0 aliphatic heterocycles. The van der Waals surface area contributed by atoms with Gasteiger partial charge >= 0.3 is 0 Å². The van der Waals surface area contributed by atoms with Crippen molar-refractivity contribution in [2.45, 2.75) is 84.3 Å². The van der Waals surface area contributed by atoms with E-state index in [1.165, 1.54) is 6.42 Å². The van der Waals surface area contributed by atoms with Crippen molar-refractivity contribution >= 4 is 27.5 Å². The minimum absolute atomic E-state index is 0.121. The first-order valence-electron chi connectivity index (χ1n) is 13.3. The summed E-state index contributed by atoms with van der Waals surface area (Å²) in [5, 5.41) is 3.17. The van der Waals surface area contributed by atoms with Gasteiger partial charge in [0.25, 0.3) is 0 Å². The molecule has 37 heavy (non-hydrogen) atoms. The second-order valence-electron chi connectivity index (χ2n) is 10.1. The molecule has 202 valence electrons. The first kappa shape index (κ1) is 28.7. The SMILES string of the molecule is CCc1ccc(N(CC(=O)N(Cc2cccc(C)c2)[C@@H](CC)C(=O)NC2CCCCC2)S(C)(=O)=O)cc1. The van der Waals surface area contributed by atoms with Crippen LogP contribution in [0.5, 0.6) is 0 Å². The maximum atomic E-state index is 13.8. The fourth-order valence-electron chi connectivity index (χ4n) is 4.98. The molecule has 7 nitrogen and oxygen atoms in total. The highest BCUT2D eigenvalue weighted by Crippen LogP contribution is 2.22. The summed E-state index contributed by atoms with van der Waals surface area (Å²) in [4.78, 5) is 28.8. The van der Waals surface area contributed by atoms with E-state index in [4.69, 9.17) is 0 Å². The second-order valence-corrected chi connectivity index (χ2v) is 12.0. The molecule has 1 aliphatic carbocycles. The Bertz CT molecular complexity index is 1160. The molecule has 1 aliphatic rings. The fraction of sp³-hybridized carbons (Fsp3) is 0.517. The van der Waals surface area contributed by atoms with Gasteiger partial charge in [0.05, 0.1) is 11.9 Å². The Morgan fingerprint density at radius 1 is 1.00 bits per heavy atom. The molecular weight excluding hydrogens is 486 g/mol. The number of aryl methyl sites for hydroxylation is 2. The van der Waals surface area contributed by atoms with Crippen LogP contribution in [-0.4, -0.2) is 50.0 Å². The van der Waals surface area contributed by atoms with Gasteiger partial charge in [-0.25, -0.2) is 8.42 Å². The molecule has 2 amide bonds. The molecule has 3 rings (SSSR count). The predicted molar refractivity (Wildman–Crippen MR) is 149 cm³/mol. The lowest BCUT2D eigenvalue weighted by molar-refractivity contribution is -0.140. The standard InChI is InChI=1S/C29H41N3O4S/c1-5-23-15-17-26(18-16-23)32(37(4,35)36)21-28(33)31(20-24-12-10-11-22(3)19-24)27(6-2)29(34)30-25-13-8-7-9-14-25/h10-12,15-19,25,27H,5-9,13-14,20-21H2,1-4H3,(H,30,34)/t27-/m0/s1. The van der Waals surface area contributed by atoms with E-state index in [9.17, 15) is 18.0 Å². The van der Waals surface area contributed by atoms with Crippen LogP contribution >= 0.6 is 0 Å². The Balaban J connectivity index is 1.90. The minimum Gasteiger partial charge on any atom is -0.352 e. The fourth-order valence-corrected chi connectivity index (χ4v) is 5.83. The lowest BCUT2D eigenvalue weighted by atomic mass is 9.95. The maximum Gasteiger partial charge on any atom is 0.244 e. The van der Waals surface area contributed by atoms with Crippen molar-refractivity contribution in [3.05, 3.63) is 65.2 Å². The molecule has 0 saturated heterocycles. The predicted octanol–water partition coefficient (Wildman–Crippen LogP) is 4.58. The first-order valence-corrected chi connectivity index (χ1v) is 15.2. The van der Waals surface area contributed by atoms with Crippen molar-refractivity contribution < 1.29 is 18.0 Å². The largest absolute Gasteiger partial charge is 0.352 e. The van der Waals surface area contributed by atoms with E-state index in [2.05, 4.69) is 5.32 Å². The molecule has 0 bridgehead atoms. The normalized spacial score (nSPS) is 15.1. The van der Waals surface area contributed by atoms with Crippen molar-refractivity contribution in [3.63, 3.8) is 0 Å². The molecule has 0 radical (unpaired) electrons. The zero-order valence-corrected chi connectivity index (χ0v) is 23.4. The van der Waals surface area contributed by atoms with Gasteiger partial charge < -0.3 is 10.2 Å². The Morgan fingerprint density at radius 2 is 1.68 bits per heavy atom. The Morgan fingerprint density at radius 3 is 2.24 bits per heavy atom. The van der Waals surface area contributed by atoms with Gasteiger partial charge in [0, 0.05) is 12.6 Å². The lowest BCUT2D eigenvalue weighted by Gasteiger charge is -2.34. The van der Waals surface area contributed by atoms with Gasteiger partial charge in [-0.2, -0.15) is 0 Å². The molecule has 1 saturated carbocycles. The zero-order chi connectivity index (χ0) is 27.0. The van der Waals surface area contributed by atoms with E-state index < -0.39 is 22.0 Å². The number of anilines is 1. The van der Waals surface area contributed by atoms with E-state index in [-0.39, 0.29) is 25.0 Å². The van der Waals surface area contributed by atoms with Crippen LogP contribution in [0.1, 0.15) is 69.1 Å². The lowest BCUT2D eigenvalue weighted by Crippen LogP contribution is -2.53. The maximum absolute atomic E-state index is 13.8. The van der Waals surface area contributed by atoms with Gasteiger partial charge in [-0.15, -0.1) is 0 Å². The summed E-state index contributed by atoms with van der Waals surface area (Å²) in [6.07, 6.45) is 7.62. The molecule has 0 aromatic heterocycles. The highest BCUT2D eigenvalue weighted by Gasteiger charge is 2.32. The quantitative estimate of drug-likeness (QED) is 0.463. The molecule has 0 heterocycles. The number of amides is 2. The van der Waals surface area contributed by atoms with Crippen LogP contribution in [-0.2, 0) is 32.6 Å². The summed E-state index contributed by atoms with van der Waals surface area (Å²) < 4.78 is 26.6. The number of sulfonamides is 1. The van der Waals surface area contributed by atoms with E-state index in [0.29, 0.717) is 12.1 Å². The van der Waals surface area contributed by atoms with Crippen LogP contribution in [0.25, 0.3) is 0 Å². The Kier molecular flexibility index (Phi) is 10.1. The van der Waals surface area contributed by atoms with E-state index in [0.717, 1.165) is 59.4 Å². The highest BCUT2D eigenvalue weighted by molar-refractivity contribution is 7.92. The van der Waals surface area contributed by atoms with Crippen molar-refractivity contribution in [2.24, 2.45) is 0 Å². The summed E-state index contributed by atoms with van der Waals surface area (Å²) in [7, 11) is -3.74. The van der Waals surface area contributed by atoms with Gasteiger partial charge in [0.2, 0.25) is 21.8 Å². The van der Waals surface area contributed by atoms with Crippen molar-refractivity contribution in [3.8, 4) is 0 Å². The van der Waals surface area contributed by atoms with Crippen LogP contribution in [0.4, 0.5) is 5.69 Å². The molecule has 1 atom stereocenters. The summed E-state index contributed by atoms with van der Waals surface area (Å²) in [5.41, 5.74) is 3.46. The average molecular weight is 528 g/mol. The number of benzene rings is 2. The third kappa shape index (κ3) is 8.06. The molecule has 2 aromatic rings. The Labute approximate surface area is 222 Å². The van der Waals surface area contributed by atoms with Crippen LogP contribution in [0, 0.1) is 6.92 Å². The zero-order valence-electron chi connectivity index (χ0n) is 22.6. The molecule has 0 unspecified atom stereocenters. The number of hydrogen-bond donors (Lipinski definition) is 1. The van der Waals surface area contributed by atoms with E-state index in [1.807, 2.05) is 57.2 Å². The van der Waals surface area contributed by atoms with Crippen molar-refractivity contribution in [1.29, 1.82) is 0 Å². The minimum atomic E-state index is -3.74. The number of carbonyl (C=O) groups is 2. The number of rotatable bonds is 11. The number of nitrogens with one attached hydrogen (secondary N) is 1. The van der Waals surface area contributed by atoms with E-state index >= 15 is 0 Å². The van der Waals surface area contributed by atoms with Gasteiger partial charge in [-0.3, -0.25) is 13.9 Å². The number of hydrogen-bond acceptors (Lipinski definition) is 4. The molecular formula is C29H41N3O4S. The molecule has 1 N–H and O–H groups in total. The van der Waals surface area contributed by atoms with Crippen LogP contribution in [0.3, 0.4) is 0 Å². The van der Waals surface area contributed by atoms with Crippen molar-refractivity contribution in [2.75, 3.05) is 17.1 Å². The molecule has 1 fully saturated rings. The van der Waals surface area contributed by atoms with Crippen LogP contribution in [0.15, 0.2) is 48.5 Å². The summed E-state index contributed by atoms with van der Waals surface area (Å²) in [5.74, 6) is -0.578. The molecule has 0 spiro atoms. The first-order chi connectivity index (χ1) is 17.6. The summed E-state index contributed by atoms with van der Waals surface area (Å²) >= 11 is 0. The monoisotopic (exact) mass is 527 g/mol. The average Bonchev–Trinajstić information content (AvgIpc) is 2.87. The number of nitrogens with zero attached hydrogens (tertiary/aromatic N) is 2. The third-order valence-electron chi connectivity index (χ3n) is 7.08. The topological polar surface area (TPSA) is 86.8 Å². The Hall–Kier alpha value is -2.87. The highest BCUT2D eigenvalue weighted by atomic mass is 32.2. The second kappa shape index (κ2) is 13.1. The van der Waals surface area contributed by atoms with Gasteiger partial charge in [0.1, 0.15) is 12.6 Å².